The Morgan fingerprint density at radius 3 is 2.56 bits per heavy atom. The van der Waals surface area contributed by atoms with E-state index in [0.29, 0.717) is 0 Å². The number of carbonyl (C=O) groups excluding carboxylic acids is 1. The van der Waals surface area contributed by atoms with Gasteiger partial charge in [0.1, 0.15) is 0 Å². The van der Waals surface area contributed by atoms with Crippen LogP contribution in [-0.2, 0) is 0 Å². The summed E-state index contributed by atoms with van der Waals surface area (Å²) in [7, 11) is 0. The molecule has 1 amide bonds. The topological polar surface area (TPSA) is 42.0 Å². The van der Waals surface area contributed by atoms with E-state index in [2.05, 4.69) is 10.3 Å². The zero-order valence-corrected chi connectivity index (χ0v) is 8.95. The first-order valence-electron chi connectivity index (χ1n) is 4.95. The summed E-state index contributed by atoms with van der Waals surface area (Å²) in [6.45, 7) is 0. The van der Waals surface area contributed by atoms with E-state index in [0.717, 1.165) is 18.3 Å². The van der Waals surface area contributed by atoms with Gasteiger partial charge < -0.3 is 5.32 Å². The van der Waals surface area contributed by atoms with E-state index in [9.17, 15) is 18.0 Å². The number of aromatic nitrogens is 1. The van der Waals surface area contributed by atoms with Crippen molar-refractivity contribution in [1.29, 1.82) is 0 Å². The van der Waals surface area contributed by atoms with E-state index in [1.165, 1.54) is 18.2 Å². The van der Waals surface area contributed by atoms with Gasteiger partial charge >= 0.3 is 0 Å². The molecule has 0 saturated carbocycles. The summed E-state index contributed by atoms with van der Waals surface area (Å²) in [5, 5.41) is 2.17. The number of hydrogen-bond donors (Lipinski definition) is 1. The average Bonchev–Trinajstić information content (AvgIpc) is 2.36. The summed E-state index contributed by atoms with van der Waals surface area (Å²) in [5.74, 6) is -3.65. The molecule has 2 rings (SSSR count). The Hall–Kier alpha value is -2.37. The highest BCUT2D eigenvalue weighted by molar-refractivity contribution is 6.04. The fourth-order valence-electron chi connectivity index (χ4n) is 1.30. The van der Waals surface area contributed by atoms with E-state index in [-0.39, 0.29) is 11.3 Å². The summed E-state index contributed by atoms with van der Waals surface area (Å²) < 4.78 is 38.7. The minimum absolute atomic E-state index is 0.0417. The number of hydrogen-bond acceptors (Lipinski definition) is 2. The number of rotatable bonds is 2. The number of amides is 1. The van der Waals surface area contributed by atoms with Gasteiger partial charge in [0.15, 0.2) is 11.6 Å². The maximum atomic E-state index is 13.3. The zero-order chi connectivity index (χ0) is 13.1. The van der Waals surface area contributed by atoms with Crippen LogP contribution in [0.3, 0.4) is 0 Å². The Labute approximate surface area is 100 Å². The van der Waals surface area contributed by atoms with Gasteiger partial charge in [-0.05, 0) is 24.3 Å². The van der Waals surface area contributed by atoms with Crippen LogP contribution in [0.4, 0.5) is 18.9 Å². The third-order valence-electron chi connectivity index (χ3n) is 2.19. The largest absolute Gasteiger partial charge is 0.319 e. The standard InChI is InChI=1S/C12H7F3N2O/c13-8-2-1-3-9(11(8)15)17-12(18)7-4-5-10(14)16-6-7/h1-6H,(H,17,18). The molecular weight excluding hydrogens is 245 g/mol. The van der Waals surface area contributed by atoms with Gasteiger partial charge in [-0.3, -0.25) is 4.79 Å². The molecule has 2 aromatic rings. The molecule has 0 aliphatic rings. The van der Waals surface area contributed by atoms with Crippen LogP contribution in [0, 0.1) is 17.6 Å². The van der Waals surface area contributed by atoms with E-state index in [1.54, 1.807) is 0 Å². The molecule has 0 aliphatic heterocycles. The lowest BCUT2D eigenvalue weighted by molar-refractivity contribution is 0.102. The molecule has 0 bridgehead atoms. The summed E-state index contributed by atoms with van der Waals surface area (Å²) in [6.07, 6.45) is 1.00. The molecule has 1 aromatic heterocycles. The molecule has 0 atom stereocenters. The Balaban J connectivity index is 2.21. The van der Waals surface area contributed by atoms with Crippen LogP contribution in [0.2, 0.25) is 0 Å². The quantitative estimate of drug-likeness (QED) is 0.835. The average molecular weight is 252 g/mol. The van der Waals surface area contributed by atoms with Crippen LogP contribution in [-0.4, -0.2) is 10.9 Å². The maximum absolute atomic E-state index is 13.3. The molecule has 1 aromatic carbocycles. The first kappa shape index (κ1) is 12.1. The maximum Gasteiger partial charge on any atom is 0.257 e. The molecule has 18 heavy (non-hydrogen) atoms. The monoisotopic (exact) mass is 252 g/mol. The van der Waals surface area contributed by atoms with Crippen LogP contribution < -0.4 is 5.32 Å². The lowest BCUT2D eigenvalue weighted by Gasteiger charge is -2.06. The van der Waals surface area contributed by atoms with Crippen molar-refractivity contribution in [3.8, 4) is 0 Å². The normalized spacial score (nSPS) is 10.2. The zero-order valence-electron chi connectivity index (χ0n) is 8.95. The molecule has 1 heterocycles. The second-order valence-corrected chi connectivity index (χ2v) is 3.43. The minimum Gasteiger partial charge on any atom is -0.319 e. The molecule has 92 valence electrons. The molecule has 0 fully saturated rings. The van der Waals surface area contributed by atoms with Crippen molar-refractivity contribution in [2.45, 2.75) is 0 Å². The van der Waals surface area contributed by atoms with Crippen molar-refractivity contribution in [3.63, 3.8) is 0 Å². The first-order chi connectivity index (χ1) is 8.58. The first-order valence-corrected chi connectivity index (χ1v) is 4.95. The molecule has 0 radical (unpaired) electrons. The van der Waals surface area contributed by atoms with E-state index in [1.807, 2.05) is 0 Å². The van der Waals surface area contributed by atoms with E-state index in [4.69, 9.17) is 0 Å². The summed E-state index contributed by atoms with van der Waals surface area (Å²) in [4.78, 5) is 14.9. The van der Waals surface area contributed by atoms with Gasteiger partial charge in [-0.15, -0.1) is 0 Å². The van der Waals surface area contributed by atoms with Crippen molar-refractivity contribution in [2.75, 3.05) is 5.32 Å². The van der Waals surface area contributed by atoms with Crippen LogP contribution >= 0.6 is 0 Å². The second-order valence-electron chi connectivity index (χ2n) is 3.43. The second kappa shape index (κ2) is 4.87. The third-order valence-corrected chi connectivity index (χ3v) is 2.19. The summed E-state index contributed by atoms with van der Waals surface area (Å²) >= 11 is 0. The molecule has 6 heteroatoms. The summed E-state index contributed by atoms with van der Waals surface area (Å²) in [5.41, 5.74) is -0.246. The smallest absolute Gasteiger partial charge is 0.257 e. The van der Waals surface area contributed by atoms with Gasteiger partial charge in [0.05, 0.1) is 11.3 Å². The van der Waals surface area contributed by atoms with Gasteiger partial charge in [-0.1, -0.05) is 6.07 Å². The summed E-state index contributed by atoms with van der Waals surface area (Å²) in [6, 6.07) is 5.60. The SMILES string of the molecule is O=C(Nc1cccc(F)c1F)c1ccc(F)nc1. The van der Waals surface area contributed by atoms with Crippen LogP contribution in [0.5, 0.6) is 0 Å². The van der Waals surface area contributed by atoms with Crippen molar-refractivity contribution >= 4 is 11.6 Å². The number of anilines is 1. The molecule has 3 nitrogen and oxygen atoms in total. The van der Waals surface area contributed by atoms with E-state index >= 15 is 0 Å². The van der Waals surface area contributed by atoms with Crippen LogP contribution in [0.15, 0.2) is 36.5 Å². The molecule has 0 unspecified atom stereocenters. The minimum atomic E-state index is -1.15. The Morgan fingerprint density at radius 2 is 1.89 bits per heavy atom. The lowest BCUT2D eigenvalue weighted by Crippen LogP contribution is -2.13. The molecule has 0 aliphatic carbocycles. The predicted molar refractivity (Wildman–Crippen MR) is 58.5 cm³/mol. The number of nitrogens with one attached hydrogen (secondary N) is 1. The third kappa shape index (κ3) is 2.48. The van der Waals surface area contributed by atoms with Gasteiger partial charge in [-0.2, -0.15) is 4.39 Å². The Morgan fingerprint density at radius 1 is 1.11 bits per heavy atom. The van der Waals surface area contributed by atoms with Crippen LogP contribution in [0.25, 0.3) is 0 Å². The van der Waals surface area contributed by atoms with Crippen LogP contribution in [0.1, 0.15) is 10.4 Å². The van der Waals surface area contributed by atoms with Crippen molar-refractivity contribution in [1.82, 2.24) is 4.98 Å². The number of carbonyl (C=O) groups is 1. The molecular formula is C12H7F3N2O. The van der Waals surface area contributed by atoms with Crippen molar-refractivity contribution < 1.29 is 18.0 Å². The Kier molecular flexibility index (Phi) is 3.27. The van der Waals surface area contributed by atoms with Crippen molar-refractivity contribution in [3.05, 3.63) is 59.7 Å². The van der Waals surface area contributed by atoms with Gasteiger partial charge in [0, 0.05) is 6.20 Å². The molecule has 0 spiro atoms. The number of halogens is 3. The van der Waals surface area contributed by atoms with Gasteiger partial charge in [0.2, 0.25) is 5.95 Å². The van der Waals surface area contributed by atoms with Gasteiger partial charge in [-0.25, -0.2) is 13.8 Å². The number of pyridine rings is 1. The highest BCUT2D eigenvalue weighted by Crippen LogP contribution is 2.17. The number of benzene rings is 1. The fraction of sp³-hybridized carbons (Fsp3) is 0. The number of nitrogens with zero attached hydrogens (tertiary/aromatic N) is 1. The Bertz CT molecular complexity index is 584. The molecule has 1 N–H and O–H groups in total. The van der Waals surface area contributed by atoms with E-state index < -0.39 is 23.5 Å². The van der Waals surface area contributed by atoms with Gasteiger partial charge in [0.25, 0.3) is 5.91 Å². The fourth-order valence-corrected chi connectivity index (χ4v) is 1.30. The predicted octanol–water partition coefficient (Wildman–Crippen LogP) is 2.75. The van der Waals surface area contributed by atoms with Crippen molar-refractivity contribution in [2.24, 2.45) is 0 Å². The lowest BCUT2D eigenvalue weighted by atomic mass is 10.2. The highest BCUT2D eigenvalue weighted by atomic mass is 19.2. The molecule has 0 saturated heterocycles. The highest BCUT2D eigenvalue weighted by Gasteiger charge is 2.12.